The predicted molar refractivity (Wildman–Crippen MR) is 56.1 cm³/mol. The van der Waals surface area contributed by atoms with Crippen molar-refractivity contribution in [1.82, 2.24) is 0 Å². The van der Waals surface area contributed by atoms with Crippen LogP contribution in [0.1, 0.15) is 17.5 Å². The Kier molecular flexibility index (Phi) is 3.48. The summed E-state index contributed by atoms with van der Waals surface area (Å²) in [5.41, 5.74) is 1.84. The Bertz CT molecular complexity index is 278. The zero-order valence-corrected chi connectivity index (χ0v) is 9.36. The van der Waals surface area contributed by atoms with Gasteiger partial charge in [0.1, 0.15) is 0 Å². The molecule has 0 aromatic heterocycles. The minimum Gasteiger partial charge on any atom is -0.195 e. The molecule has 1 aromatic rings. The molecule has 70 valence electrons. The molecule has 0 nitrogen and oxygen atoms in total. The van der Waals surface area contributed by atoms with Crippen LogP contribution in [0.2, 0.25) is 0 Å². The van der Waals surface area contributed by atoms with Gasteiger partial charge in [0.15, 0.2) is 0 Å². The Morgan fingerprint density at radius 3 is 2.77 bits per heavy atom. The SMILES string of the molecule is Cc1c#ccc(CCC(F)(F)I)c1. The van der Waals surface area contributed by atoms with E-state index in [1.807, 2.05) is 13.0 Å². The van der Waals surface area contributed by atoms with Crippen molar-refractivity contribution in [3.8, 4) is 0 Å². The summed E-state index contributed by atoms with van der Waals surface area (Å²) in [6.07, 6.45) is 0.271. The van der Waals surface area contributed by atoms with Gasteiger partial charge in [0, 0.05) is 6.42 Å². The van der Waals surface area contributed by atoms with Gasteiger partial charge in [0.25, 0.3) is 3.93 Å². The van der Waals surface area contributed by atoms with Gasteiger partial charge in [-0.2, -0.15) is 8.78 Å². The molecule has 3 heteroatoms. The summed E-state index contributed by atoms with van der Waals surface area (Å²) >= 11 is 1.16. The van der Waals surface area contributed by atoms with Crippen molar-refractivity contribution >= 4 is 22.6 Å². The van der Waals surface area contributed by atoms with Crippen LogP contribution in [0.3, 0.4) is 0 Å². The smallest absolute Gasteiger partial charge is 0.195 e. The van der Waals surface area contributed by atoms with Crippen LogP contribution in [0.5, 0.6) is 0 Å². The first-order valence-electron chi connectivity index (χ1n) is 3.93. The summed E-state index contributed by atoms with van der Waals surface area (Å²) in [6, 6.07) is 9.21. The maximum atomic E-state index is 12.5. The molecule has 0 bridgehead atoms. The van der Waals surface area contributed by atoms with Crippen molar-refractivity contribution in [2.45, 2.75) is 23.7 Å². The zero-order valence-electron chi connectivity index (χ0n) is 7.20. The Balaban J connectivity index is 2.55. The number of aryl methyl sites for hydroxylation is 2. The Labute approximate surface area is 90.5 Å². The quantitative estimate of drug-likeness (QED) is 0.590. The fraction of sp³-hybridized carbons (Fsp3) is 0.400. The monoisotopic (exact) mass is 294 g/mol. The lowest BCUT2D eigenvalue weighted by molar-refractivity contribution is 0.117. The first-order chi connectivity index (χ1) is 5.97. The van der Waals surface area contributed by atoms with Gasteiger partial charge in [0.2, 0.25) is 0 Å². The molecule has 0 aliphatic heterocycles. The molecule has 1 aromatic carbocycles. The molecule has 0 aliphatic rings. The number of rotatable bonds is 3. The first kappa shape index (κ1) is 10.7. The number of hydrogen-bond acceptors (Lipinski definition) is 0. The minimum atomic E-state index is -2.61. The van der Waals surface area contributed by atoms with Gasteiger partial charge in [-0.05, 0) is 59.2 Å². The van der Waals surface area contributed by atoms with Gasteiger partial charge in [0.05, 0.1) is 0 Å². The van der Waals surface area contributed by atoms with Crippen LogP contribution in [0, 0.1) is 19.1 Å². The highest BCUT2D eigenvalue weighted by molar-refractivity contribution is 14.1. The molecular weight excluding hydrogens is 285 g/mol. The molecule has 0 amide bonds. The van der Waals surface area contributed by atoms with Crippen LogP contribution in [-0.2, 0) is 6.42 Å². The summed E-state index contributed by atoms with van der Waals surface area (Å²) in [6.45, 7) is 1.88. The molecule has 1 rings (SSSR count). The molecule has 13 heavy (non-hydrogen) atoms. The average molecular weight is 294 g/mol. The van der Waals surface area contributed by atoms with Gasteiger partial charge in [-0.15, -0.1) is 0 Å². The topological polar surface area (TPSA) is 0 Å². The lowest BCUT2D eigenvalue weighted by Crippen LogP contribution is -2.05. The second-order valence-electron chi connectivity index (χ2n) is 2.93. The highest BCUT2D eigenvalue weighted by atomic mass is 127. The molecule has 0 aliphatic carbocycles. The van der Waals surface area contributed by atoms with E-state index in [1.165, 1.54) is 0 Å². The van der Waals surface area contributed by atoms with Gasteiger partial charge >= 0.3 is 0 Å². The van der Waals surface area contributed by atoms with Gasteiger partial charge in [-0.3, -0.25) is 0 Å². The van der Waals surface area contributed by atoms with Crippen LogP contribution in [0.25, 0.3) is 0 Å². The summed E-state index contributed by atoms with van der Waals surface area (Å²) < 4.78 is 22.3. The van der Waals surface area contributed by atoms with Crippen molar-refractivity contribution in [3.05, 3.63) is 35.4 Å². The van der Waals surface area contributed by atoms with Crippen LogP contribution in [0.15, 0.2) is 12.1 Å². The third kappa shape index (κ3) is 4.41. The average Bonchev–Trinajstić information content (AvgIpc) is 2.00. The molecule has 0 unspecified atom stereocenters. The Hall–Kier alpha value is -0.370. The fourth-order valence-electron chi connectivity index (χ4n) is 1.03. The molecule has 0 saturated carbocycles. The van der Waals surface area contributed by atoms with E-state index in [0.29, 0.717) is 6.42 Å². The number of alkyl halides is 3. The molecular formula is C10H9F2I. The van der Waals surface area contributed by atoms with E-state index in [9.17, 15) is 8.78 Å². The molecule has 0 saturated heterocycles. The Morgan fingerprint density at radius 1 is 1.54 bits per heavy atom. The molecule has 0 fully saturated rings. The van der Waals surface area contributed by atoms with E-state index in [0.717, 1.165) is 33.7 Å². The summed E-state index contributed by atoms with van der Waals surface area (Å²) in [4.78, 5) is 0. The highest BCUT2D eigenvalue weighted by Crippen LogP contribution is 2.28. The normalized spacial score (nSPS) is 11.1. The van der Waals surface area contributed by atoms with Crippen molar-refractivity contribution in [1.29, 1.82) is 0 Å². The largest absolute Gasteiger partial charge is 0.296 e. The lowest BCUT2D eigenvalue weighted by Gasteiger charge is -2.07. The van der Waals surface area contributed by atoms with Crippen LogP contribution in [-0.4, -0.2) is 3.93 Å². The number of halogens is 3. The summed E-state index contributed by atoms with van der Waals surface area (Å²) in [7, 11) is 0. The first-order valence-corrected chi connectivity index (χ1v) is 5.01. The van der Waals surface area contributed by atoms with Crippen molar-refractivity contribution in [2.75, 3.05) is 0 Å². The van der Waals surface area contributed by atoms with E-state index < -0.39 is 3.93 Å². The maximum absolute atomic E-state index is 12.5. The van der Waals surface area contributed by atoms with Crippen molar-refractivity contribution in [3.63, 3.8) is 0 Å². The van der Waals surface area contributed by atoms with Crippen molar-refractivity contribution in [2.24, 2.45) is 0 Å². The molecule has 0 heterocycles. The zero-order chi connectivity index (χ0) is 9.90. The fourth-order valence-corrected chi connectivity index (χ4v) is 1.30. The van der Waals surface area contributed by atoms with Gasteiger partial charge < -0.3 is 0 Å². The van der Waals surface area contributed by atoms with Crippen molar-refractivity contribution < 1.29 is 8.78 Å². The maximum Gasteiger partial charge on any atom is 0.296 e. The number of hydrogen-bond donors (Lipinski definition) is 0. The highest BCUT2D eigenvalue weighted by Gasteiger charge is 2.22. The second kappa shape index (κ2) is 4.23. The minimum absolute atomic E-state index is 0.120. The van der Waals surface area contributed by atoms with E-state index >= 15 is 0 Å². The lowest BCUT2D eigenvalue weighted by atomic mass is 10.1. The van der Waals surface area contributed by atoms with Crippen LogP contribution < -0.4 is 0 Å². The third-order valence-electron chi connectivity index (χ3n) is 1.63. The third-order valence-corrected chi connectivity index (χ3v) is 2.17. The predicted octanol–water partition coefficient (Wildman–Crippen LogP) is 3.56. The standard InChI is InChI=1S/C10H9F2I/c1-8-3-2-4-9(7-8)5-6-10(11,12)13/h4,7H,5-6H2,1H3. The molecule has 0 N–H and O–H groups in total. The second-order valence-corrected chi connectivity index (χ2v) is 4.51. The van der Waals surface area contributed by atoms with Crippen LogP contribution in [0.4, 0.5) is 8.78 Å². The van der Waals surface area contributed by atoms with Gasteiger partial charge in [-0.25, -0.2) is 0 Å². The van der Waals surface area contributed by atoms with Gasteiger partial charge in [-0.1, -0.05) is 12.1 Å². The van der Waals surface area contributed by atoms with E-state index in [2.05, 4.69) is 12.1 Å². The Morgan fingerprint density at radius 2 is 2.23 bits per heavy atom. The van der Waals surface area contributed by atoms with E-state index in [-0.39, 0.29) is 6.42 Å². The molecule has 0 radical (unpaired) electrons. The molecule has 0 atom stereocenters. The molecule has 0 spiro atoms. The summed E-state index contributed by atoms with van der Waals surface area (Å²) in [5, 5.41) is 0. The van der Waals surface area contributed by atoms with E-state index in [1.54, 1.807) is 6.07 Å². The summed E-state index contributed by atoms with van der Waals surface area (Å²) in [5.74, 6) is 0. The van der Waals surface area contributed by atoms with Crippen LogP contribution >= 0.6 is 22.6 Å². The van der Waals surface area contributed by atoms with E-state index in [4.69, 9.17) is 0 Å².